The van der Waals surface area contributed by atoms with Gasteiger partial charge in [-0.05, 0) is 60.9 Å². The lowest BCUT2D eigenvalue weighted by molar-refractivity contribution is 0.00218. The van der Waals surface area contributed by atoms with Crippen molar-refractivity contribution in [2.75, 3.05) is 6.61 Å². The minimum atomic E-state index is -0.401. The van der Waals surface area contributed by atoms with Gasteiger partial charge < -0.3 is 9.84 Å². The van der Waals surface area contributed by atoms with Gasteiger partial charge in [0.2, 0.25) is 0 Å². The standard InChI is InChI=1S/C19H24O2/c1-14-9-10-15-6-2-3-8-17(15)19(14)18(20)12-11-16-7-4-5-13-21-16/h2-3,6,8-10,16,18,20H,4-5,7,11-13H2,1H3. The van der Waals surface area contributed by atoms with Gasteiger partial charge in [0.25, 0.3) is 0 Å². The Morgan fingerprint density at radius 3 is 2.86 bits per heavy atom. The summed E-state index contributed by atoms with van der Waals surface area (Å²) in [6, 6.07) is 12.5. The average molecular weight is 284 g/mol. The second-order valence-electron chi connectivity index (χ2n) is 6.10. The van der Waals surface area contributed by atoms with Gasteiger partial charge in [0.15, 0.2) is 0 Å². The first-order valence-corrected chi connectivity index (χ1v) is 8.03. The zero-order valence-corrected chi connectivity index (χ0v) is 12.7. The highest BCUT2D eigenvalue weighted by Gasteiger charge is 2.18. The number of hydrogen-bond donors (Lipinski definition) is 1. The molecule has 0 aromatic heterocycles. The molecule has 2 aromatic rings. The predicted octanol–water partition coefficient (Wildman–Crippen LogP) is 4.53. The molecule has 2 aromatic carbocycles. The predicted molar refractivity (Wildman–Crippen MR) is 86.5 cm³/mol. The van der Waals surface area contributed by atoms with Crippen molar-refractivity contribution in [3.63, 3.8) is 0 Å². The van der Waals surface area contributed by atoms with E-state index in [4.69, 9.17) is 4.74 Å². The number of hydrogen-bond acceptors (Lipinski definition) is 2. The molecule has 0 aliphatic carbocycles. The van der Waals surface area contributed by atoms with E-state index in [2.05, 4.69) is 31.2 Å². The fourth-order valence-corrected chi connectivity index (χ4v) is 3.37. The third-order valence-electron chi connectivity index (χ3n) is 4.56. The van der Waals surface area contributed by atoms with Crippen molar-refractivity contribution in [2.45, 2.75) is 51.2 Å². The second-order valence-corrected chi connectivity index (χ2v) is 6.10. The van der Waals surface area contributed by atoms with E-state index in [0.717, 1.165) is 31.4 Å². The van der Waals surface area contributed by atoms with E-state index < -0.39 is 6.10 Å². The lowest BCUT2D eigenvalue weighted by Crippen LogP contribution is -2.19. The number of ether oxygens (including phenoxy) is 1. The maximum Gasteiger partial charge on any atom is 0.0799 e. The summed E-state index contributed by atoms with van der Waals surface area (Å²) in [5, 5.41) is 13.1. The minimum Gasteiger partial charge on any atom is -0.388 e. The van der Waals surface area contributed by atoms with Gasteiger partial charge in [-0.3, -0.25) is 0 Å². The van der Waals surface area contributed by atoms with Gasteiger partial charge in [-0.25, -0.2) is 0 Å². The first-order valence-electron chi connectivity index (χ1n) is 8.03. The van der Waals surface area contributed by atoms with Crippen molar-refractivity contribution in [1.29, 1.82) is 0 Å². The van der Waals surface area contributed by atoms with Crippen LogP contribution >= 0.6 is 0 Å². The highest BCUT2D eigenvalue weighted by molar-refractivity contribution is 5.87. The molecule has 2 nitrogen and oxygen atoms in total. The van der Waals surface area contributed by atoms with E-state index >= 15 is 0 Å². The minimum absolute atomic E-state index is 0.337. The van der Waals surface area contributed by atoms with Crippen LogP contribution in [-0.2, 0) is 4.74 Å². The number of aliphatic hydroxyl groups is 1. The number of rotatable bonds is 4. The normalized spacial score (nSPS) is 20.6. The number of fused-ring (bicyclic) bond motifs is 1. The van der Waals surface area contributed by atoms with E-state index in [0.29, 0.717) is 6.10 Å². The molecule has 112 valence electrons. The van der Waals surface area contributed by atoms with Crippen LogP contribution in [0.2, 0.25) is 0 Å². The fourth-order valence-electron chi connectivity index (χ4n) is 3.37. The zero-order chi connectivity index (χ0) is 14.7. The highest BCUT2D eigenvalue weighted by atomic mass is 16.5. The van der Waals surface area contributed by atoms with Crippen molar-refractivity contribution in [1.82, 2.24) is 0 Å². The van der Waals surface area contributed by atoms with E-state index in [-0.39, 0.29) is 0 Å². The van der Waals surface area contributed by atoms with Gasteiger partial charge in [0, 0.05) is 6.61 Å². The van der Waals surface area contributed by atoms with Crippen LogP contribution in [0.3, 0.4) is 0 Å². The van der Waals surface area contributed by atoms with Gasteiger partial charge in [-0.15, -0.1) is 0 Å². The Morgan fingerprint density at radius 2 is 2.05 bits per heavy atom. The van der Waals surface area contributed by atoms with Crippen LogP contribution < -0.4 is 0 Å². The van der Waals surface area contributed by atoms with Crippen molar-refractivity contribution >= 4 is 10.8 Å². The first-order chi connectivity index (χ1) is 10.3. The Bertz CT molecular complexity index is 600. The molecule has 1 heterocycles. The number of aliphatic hydroxyl groups excluding tert-OH is 1. The van der Waals surface area contributed by atoms with Gasteiger partial charge in [0.1, 0.15) is 0 Å². The molecule has 1 aliphatic rings. The summed E-state index contributed by atoms with van der Waals surface area (Å²) in [7, 11) is 0. The highest BCUT2D eigenvalue weighted by Crippen LogP contribution is 2.31. The van der Waals surface area contributed by atoms with Gasteiger partial charge in [-0.1, -0.05) is 36.4 Å². The van der Waals surface area contributed by atoms with Crippen LogP contribution in [-0.4, -0.2) is 17.8 Å². The molecule has 1 N–H and O–H groups in total. The van der Waals surface area contributed by atoms with Gasteiger partial charge in [-0.2, -0.15) is 0 Å². The zero-order valence-electron chi connectivity index (χ0n) is 12.7. The molecule has 1 aliphatic heterocycles. The monoisotopic (exact) mass is 284 g/mol. The molecule has 3 rings (SSSR count). The molecule has 0 bridgehead atoms. The van der Waals surface area contributed by atoms with Gasteiger partial charge in [0.05, 0.1) is 12.2 Å². The van der Waals surface area contributed by atoms with Crippen LogP contribution in [0, 0.1) is 6.92 Å². The summed E-state index contributed by atoms with van der Waals surface area (Å²) in [6.45, 7) is 2.97. The van der Waals surface area contributed by atoms with Gasteiger partial charge >= 0.3 is 0 Å². The van der Waals surface area contributed by atoms with Crippen LogP contribution in [0.4, 0.5) is 0 Å². The van der Waals surface area contributed by atoms with Crippen LogP contribution in [0.15, 0.2) is 36.4 Å². The Balaban J connectivity index is 1.77. The third kappa shape index (κ3) is 3.28. The lowest BCUT2D eigenvalue weighted by Gasteiger charge is -2.24. The van der Waals surface area contributed by atoms with E-state index in [1.54, 1.807) is 0 Å². The lowest BCUT2D eigenvalue weighted by atomic mass is 9.92. The molecule has 1 fully saturated rings. The SMILES string of the molecule is Cc1ccc2ccccc2c1C(O)CCC1CCCCO1. The molecule has 2 atom stereocenters. The van der Waals surface area contributed by atoms with E-state index in [1.807, 2.05) is 12.1 Å². The molecule has 0 spiro atoms. The van der Waals surface area contributed by atoms with Crippen molar-refractivity contribution in [3.8, 4) is 0 Å². The summed E-state index contributed by atoms with van der Waals surface area (Å²) >= 11 is 0. The van der Waals surface area contributed by atoms with Crippen molar-refractivity contribution in [3.05, 3.63) is 47.5 Å². The van der Waals surface area contributed by atoms with Crippen LogP contribution in [0.1, 0.15) is 49.3 Å². The van der Waals surface area contributed by atoms with E-state index in [1.165, 1.54) is 29.2 Å². The Morgan fingerprint density at radius 1 is 1.19 bits per heavy atom. The Kier molecular flexibility index (Phi) is 4.57. The molecule has 2 heteroatoms. The van der Waals surface area contributed by atoms with Crippen LogP contribution in [0.25, 0.3) is 10.8 Å². The summed E-state index contributed by atoms with van der Waals surface area (Å²) < 4.78 is 5.77. The second kappa shape index (κ2) is 6.59. The molecule has 0 saturated carbocycles. The maximum absolute atomic E-state index is 10.7. The van der Waals surface area contributed by atoms with E-state index in [9.17, 15) is 5.11 Å². The number of aryl methyl sites for hydroxylation is 1. The first kappa shape index (κ1) is 14.6. The third-order valence-corrected chi connectivity index (χ3v) is 4.56. The topological polar surface area (TPSA) is 29.5 Å². The van der Waals surface area contributed by atoms with Crippen LogP contribution in [0.5, 0.6) is 0 Å². The molecule has 2 unspecified atom stereocenters. The molecule has 0 radical (unpaired) electrons. The molecule has 0 amide bonds. The van der Waals surface area contributed by atoms with Crippen molar-refractivity contribution < 1.29 is 9.84 Å². The molecular formula is C19H24O2. The summed E-state index contributed by atoms with van der Waals surface area (Å²) in [5.41, 5.74) is 2.26. The Labute approximate surface area is 126 Å². The summed E-state index contributed by atoms with van der Waals surface area (Å²) in [6.07, 6.45) is 5.24. The smallest absolute Gasteiger partial charge is 0.0799 e. The summed E-state index contributed by atoms with van der Waals surface area (Å²) in [5.74, 6) is 0. The molecular weight excluding hydrogens is 260 g/mol. The molecule has 21 heavy (non-hydrogen) atoms. The fraction of sp³-hybridized carbons (Fsp3) is 0.474. The number of benzene rings is 2. The maximum atomic E-state index is 10.7. The molecule has 1 saturated heterocycles. The quantitative estimate of drug-likeness (QED) is 0.893. The largest absolute Gasteiger partial charge is 0.388 e. The summed E-state index contributed by atoms with van der Waals surface area (Å²) in [4.78, 5) is 0. The Hall–Kier alpha value is -1.38. The average Bonchev–Trinajstić information content (AvgIpc) is 2.53. The van der Waals surface area contributed by atoms with Crippen molar-refractivity contribution in [2.24, 2.45) is 0 Å².